The van der Waals surface area contributed by atoms with Crippen LogP contribution < -0.4 is 15.2 Å². The van der Waals surface area contributed by atoms with Gasteiger partial charge in [-0.3, -0.25) is 4.72 Å². The van der Waals surface area contributed by atoms with E-state index in [9.17, 15) is 8.42 Å². The summed E-state index contributed by atoms with van der Waals surface area (Å²) in [5.74, 6) is 0.302. The molecule has 6 nitrogen and oxygen atoms in total. The number of ether oxygens (including phenoxy) is 1. The van der Waals surface area contributed by atoms with Crippen molar-refractivity contribution in [1.29, 1.82) is 0 Å². The van der Waals surface area contributed by atoms with Gasteiger partial charge in [0.1, 0.15) is 5.69 Å². The van der Waals surface area contributed by atoms with Crippen molar-refractivity contribution in [2.24, 2.45) is 0 Å². The molecule has 0 spiro atoms. The van der Waals surface area contributed by atoms with Crippen LogP contribution in [0.25, 0.3) is 0 Å². The highest BCUT2D eigenvalue weighted by Crippen LogP contribution is 2.27. The summed E-state index contributed by atoms with van der Waals surface area (Å²) in [5, 5.41) is 1.60. The molecule has 0 saturated heterocycles. The summed E-state index contributed by atoms with van der Waals surface area (Å²) in [6.45, 7) is 2.45. The normalized spacial score (nSPS) is 11.2. The van der Waals surface area contributed by atoms with Crippen LogP contribution in [-0.2, 0) is 10.0 Å². The van der Waals surface area contributed by atoms with Crippen LogP contribution in [0, 0.1) is 0 Å². The average molecular weight is 313 g/mol. The van der Waals surface area contributed by atoms with E-state index in [0.717, 1.165) is 18.0 Å². The topological polar surface area (TPSA) is 94.3 Å². The second-order valence-corrected chi connectivity index (χ2v) is 6.37. The molecule has 0 bridgehead atoms. The Labute approximate surface area is 121 Å². The molecule has 20 heavy (non-hydrogen) atoms. The van der Waals surface area contributed by atoms with Crippen molar-refractivity contribution < 1.29 is 13.2 Å². The van der Waals surface area contributed by atoms with E-state index in [4.69, 9.17) is 10.5 Å². The third-order valence-electron chi connectivity index (χ3n) is 2.41. The maximum atomic E-state index is 12.2. The van der Waals surface area contributed by atoms with Crippen molar-refractivity contribution >= 4 is 32.9 Å². The Bertz CT molecular complexity index is 666. The molecule has 0 saturated carbocycles. The first kappa shape index (κ1) is 14.6. The molecule has 2 rings (SSSR count). The molecule has 0 aliphatic heterocycles. The lowest BCUT2D eigenvalue weighted by Crippen LogP contribution is -2.13. The minimum atomic E-state index is -3.67. The molecule has 1 aromatic carbocycles. The van der Waals surface area contributed by atoms with E-state index in [-0.39, 0.29) is 4.90 Å². The largest absolute Gasteiger partial charge is 0.476 e. The third-order valence-corrected chi connectivity index (χ3v) is 4.41. The predicted octanol–water partition coefficient (Wildman–Crippen LogP) is 2.31. The maximum absolute atomic E-state index is 12.2. The summed E-state index contributed by atoms with van der Waals surface area (Å²) >= 11 is 1.13. The first-order valence-corrected chi connectivity index (χ1v) is 8.30. The van der Waals surface area contributed by atoms with Gasteiger partial charge in [0, 0.05) is 11.1 Å². The molecule has 0 aliphatic rings. The van der Waals surface area contributed by atoms with Crippen molar-refractivity contribution in [1.82, 2.24) is 4.37 Å². The lowest BCUT2D eigenvalue weighted by molar-refractivity contribution is 0.310. The quantitative estimate of drug-likeness (QED) is 0.798. The van der Waals surface area contributed by atoms with E-state index >= 15 is 0 Å². The van der Waals surface area contributed by atoms with Crippen LogP contribution in [0.15, 0.2) is 34.5 Å². The van der Waals surface area contributed by atoms with Crippen LogP contribution in [0.5, 0.6) is 5.88 Å². The van der Waals surface area contributed by atoms with Gasteiger partial charge in [-0.1, -0.05) is 6.92 Å². The average Bonchev–Trinajstić information content (AvgIpc) is 2.83. The van der Waals surface area contributed by atoms with Crippen LogP contribution >= 0.6 is 11.5 Å². The molecule has 0 fully saturated rings. The molecule has 2 aromatic rings. The fourth-order valence-electron chi connectivity index (χ4n) is 1.45. The van der Waals surface area contributed by atoms with Crippen LogP contribution in [0.3, 0.4) is 0 Å². The van der Waals surface area contributed by atoms with Crippen LogP contribution in [0.1, 0.15) is 13.3 Å². The zero-order valence-electron chi connectivity index (χ0n) is 10.9. The standard InChI is InChI=1S/C12H15N3O3S2/c1-2-7-18-12-11(8-19-14-12)15-20(16,17)10-5-3-9(13)4-6-10/h3-6,8,15H,2,7,13H2,1H3. The second kappa shape index (κ2) is 6.10. The number of nitrogens with two attached hydrogens (primary N) is 1. The van der Waals surface area contributed by atoms with Gasteiger partial charge in [0.2, 0.25) is 5.88 Å². The maximum Gasteiger partial charge on any atom is 0.262 e. The number of aromatic nitrogens is 1. The van der Waals surface area contributed by atoms with E-state index < -0.39 is 10.0 Å². The minimum absolute atomic E-state index is 0.138. The summed E-state index contributed by atoms with van der Waals surface area (Å²) in [4.78, 5) is 0.138. The number of nitrogen functional groups attached to an aromatic ring is 1. The zero-order chi connectivity index (χ0) is 14.6. The van der Waals surface area contributed by atoms with E-state index in [1.165, 1.54) is 24.3 Å². The first-order valence-electron chi connectivity index (χ1n) is 5.98. The van der Waals surface area contributed by atoms with E-state index in [1.54, 1.807) is 5.38 Å². The molecule has 0 aliphatic carbocycles. The van der Waals surface area contributed by atoms with Gasteiger partial charge in [0.25, 0.3) is 10.0 Å². The van der Waals surface area contributed by atoms with Gasteiger partial charge in [-0.25, -0.2) is 8.42 Å². The van der Waals surface area contributed by atoms with Gasteiger partial charge in [0.15, 0.2) is 0 Å². The minimum Gasteiger partial charge on any atom is -0.476 e. The van der Waals surface area contributed by atoms with Gasteiger partial charge < -0.3 is 10.5 Å². The van der Waals surface area contributed by atoms with Crippen molar-refractivity contribution in [3.8, 4) is 5.88 Å². The Morgan fingerprint density at radius 2 is 2.05 bits per heavy atom. The molecular formula is C12H15N3O3S2. The molecule has 0 amide bonds. The second-order valence-electron chi connectivity index (χ2n) is 4.06. The van der Waals surface area contributed by atoms with E-state index in [0.29, 0.717) is 23.9 Å². The predicted molar refractivity (Wildman–Crippen MR) is 79.6 cm³/mol. The monoisotopic (exact) mass is 313 g/mol. The number of sulfonamides is 1. The lowest BCUT2D eigenvalue weighted by atomic mass is 10.3. The van der Waals surface area contributed by atoms with Gasteiger partial charge in [-0.05, 0) is 42.2 Å². The van der Waals surface area contributed by atoms with Crippen molar-refractivity contribution in [3.63, 3.8) is 0 Å². The SMILES string of the molecule is CCCOc1nscc1NS(=O)(=O)c1ccc(N)cc1. The summed E-state index contributed by atoms with van der Waals surface area (Å²) in [6, 6.07) is 5.97. The lowest BCUT2D eigenvalue weighted by Gasteiger charge is -2.08. The fourth-order valence-corrected chi connectivity index (χ4v) is 3.13. The van der Waals surface area contributed by atoms with Crippen LogP contribution in [0.2, 0.25) is 0 Å². The molecule has 0 unspecified atom stereocenters. The third kappa shape index (κ3) is 3.40. The van der Waals surface area contributed by atoms with Gasteiger partial charge >= 0.3 is 0 Å². The number of benzene rings is 1. The molecule has 3 N–H and O–H groups in total. The first-order chi connectivity index (χ1) is 9.53. The molecule has 0 radical (unpaired) electrons. The fraction of sp³-hybridized carbons (Fsp3) is 0.250. The Hall–Kier alpha value is -1.80. The van der Waals surface area contributed by atoms with Gasteiger partial charge in [0.05, 0.1) is 11.5 Å². The Balaban J connectivity index is 2.20. The zero-order valence-corrected chi connectivity index (χ0v) is 12.5. The number of rotatable bonds is 6. The Morgan fingerprint density at radius 3 is 2.70 bits per heavy atom. The highest BCUT2D eigenvalue weighted by molar-refractivity contribution is 7.92. The van der Waals surface area contributed by atoms with Crippen LogP contribution in [0.4, 0.5) is 11.4 Å². The van der Waals surface area contributed by atoms with Gasteiger partial charge in [-0.15, -0.1) is 0 Å². The van der Waals surface area contributed by atoms with Crippen molar-refractivity contribution in [3.05, 3.63) is 29.6 Å². The van der Waals surface area contributed by atoms with E-state index in [2.05, 4.69) is 9.10 Å². The van der Waals surface area contributed by atoms with Crippen LogP contribution in [-0.4, -0.2) is 19.4 Å². The molecular weight excluding hydrogens is 298 g/mol. The number of hydrogen-bond donors (Lipinski definition) is 2. The number of hydrogen-bond acceptors (Lipinski definition) is 6. The summed E-state index contributed by atoms with van der Waals surface area (Å²) in [6.07, 6.45) is 0.821. The molecule has 1 aromatic heterocycles. The van der Waals surface area contributed by atoms with E-state index in [1.807, 2.05) is 6.92 Å². The highest BCUT2D eigenvalue weighted by atomic mass is 32.2. The van der Waals surface area contributed by atoms with Crippen molar-refractivity contribution in [2.75, 3.05) is 17.1 Å². The number of nitrogens with one attached hydrogen (secondary N) is 1. The summed E-state index contributed by atoms with van der Waals surface area (Å²) in [5.41, 5.74) is 6.40. The number of nitrogens with zero attached hydrogens (tertiary/aromatic N) is 1. The Kier molecular flexibility index (Phi) is 4.46. The number of anilines is 2. The van der Waals surface area contributed by atoms with Gasteiger partial charge in [-0.2, -0.15) is 4.37 Å². The summed E-state index contributed by atoms with van der Waals surface area (Å²) in [7, 11) is -3.67. The highest BCUT2D eigenvalue weighted by Gasteiger charge is 2.18. The molecule has 108 valence electrons. The smallest absolute Gasteiger partial charge is 0.262 e. The van der Waals surface area contributed by atoms with Crippen molar-refractivity contribution in [2.45, 2.75) is 18.2 Å². The summed E-state index contributed by atoms with van der Waals surface area (Å²) < 4.78 is 36.3. The Morgan fingerprint density at radius 1 is 1.35 bits per heavy atom. The molecule has 0 atom stereocenters. The molecule has 8 heteroatoms. The molecule has 1 heterocycles.